The number of alkyl halides is 4. The van der Waals surface area contributed by atoms with E-state index in [2.05, 4.69) is 5.32 Å². The molecule has 1 spiro atoms. The Hall–Kier alpha value is -0.850. The van der Waals surface area contributed by atoms with Gasteiger partial charge in [0.1, 0.15) is 0 Å². The predicted octanol–water partition coefficient (Wildman–Crippen LogP) is 1.49. The van der Waals surface area contributed by atoms with Crippen molar-refractivity contribution < 1.29 is 22.4 Å². The lowest BCUT2D eigenvalue weighted by Crippen LogP contribution is -2.48. The van der Waals surface area contributed by atoms with Crippen molar-refractivity contribution >= 4 is 5.91 Å². The van der Waals surface area contributed by atoms with Crippen molar-refractivity contribution in [2.24, 2.45) is 5.41 Å². The molecule has 2 saturated heterocycles. The largest absolute Gasteiger partial charge is 0.383 e. The minimum absolute atomic E-state index is 0.154. The van der Waals surface area contributed by atoms with Crippen LogP contribution in [0.15, 0.2) is 0 Å². The molecular formula is C11H16F4N2O. The van der Waals surface area contributed by atoms with Crippen molar-refractivity contribution in [2.45, 2.75) is 31.6 Å². The second kappa shape index (κ2) is 4.68. The summed E-state index contributed by atoms with van der Waals surface area (Å²) in [5.41, 5.74) is -0.154. The Morgan fingerprint density at radius 1 is 1.22 bits per heavy atom. The zero-order chi connectivity index (χ0) is 13.4. The maximum absolute atomic E-state index is 13.0. The van der Waals surface area contributed by atoms with E-state index in [4.69, 9.17) is 0 Å². The molecule has 1 amide bonds. The van der Waals surface area contributed by atoms with Crippen LogP contribution in [-0.2, 0) is 4.79 Å². The summed E-state index contributed by atoms with van der Waals surface area (Å²) in [6, 6.07) is 0. The molecule has 0 saturated carbocycles. The average molecular weight is 268 g/mol. The summed E-state index contributed by atoms with van der Waals surface area (Å²) in [5, 5.41) is 3.16. The van der Waals surface area contributed by atoms with Gasteiger partial charge in [-0.25, -0.2) is 8.78 Å². The maximum atomic E-state index is 13.0. The van der Waals surface area contributed by atoms with Crippen LogP contribution in [0.5, 0.6) is 0 Å². The van der Waals surface area contributed by atoms with E-state index in [1.54, 1.807) is 0 Å². The van der Waals surface area contributed by atoms with Crippen LogP contribution in [0, 0.1) is 5.41 Å². The summed E-state index contributed by atoms with van der Waals surface area (Å²) in [6.45, 7) is 1.90. The summed E-state index contributed by atoms with van der Waals surface area (Å²) >= 11 is 0. The molecule has 3 nitrogen and oxygen atoms in total. The van der Waals surface area contributed by atoms with Crippen LogP contribution in [0.25, 0.3) is 0 Å². The van der Waals surface area contributed by atoms with Crippen molar-refractivity contribution in [3.63, 3.8) is 0 Å². The van der Waals surface area contributed by atoms with Crippen molar-refractivity contribution in [2.75, 3.05) is 26.2 Å². The lowest BCUT2D eigenvalue weighted by Gasteiger charge is -2.34. The van der Waals surface area contributed by atoms with Crippen molar-refractivity contribution in [3.05, 3.63) is 0 Å². The van der Waals surface area contributed by atoms with Gasteiger partial charge in [0.05, 0.1) is 0 Å². The van der Waals surface area contributed by atoms with E-state index < -0.39 is 18.3 Å². The van der Waals surface area contributed by atoms with Crippen LogP contribution in [0.1, 0.15) is 19.3 Å². The normalized spacial score (nSPS) is 23.9. The zero-order valence-corrected chi connectivity index (χ0v) is 9.89. The number of hydrogen-bond donors (Lipinski definition) is 1. The van der Waals surface area contributed by atoms with Gasteiger partial charge in [-0.15, -0.1) is 0 Å². The SMILES string of the molecule is O=C(N1CCC2(CCNCC2)C1)C(F)(F)C(F)F. The fourth-order valence-corrected chi connectivity index (χ4v) is 2.78. The van der Waals surface area contributed by atoms with Gasteiger partial charge < -0.3 is 10.2 Å². The first-order valence-corrected chi connectivity index (χ1v) is 6.03. The number of rotatable bonds is 2. The predicted molar refractivity (Wildman–Crippen MR) is 56.7 cm³/mol. The number of nitrogens with one attached hydrogen (secondary N) is 1. The van der Waals surface area contributed by atoms with E-state index in [0.717, 1.165) is 30.8 Å². The van der Waals surface area contributed by atoms with Gasteiger partial charge in [0.15, 0.2) is 0 Å². The molecule has 2 heterocycles. The number of amides is 1. The summed E-state index contributed by atoms with van der Waals surface area (Å²) in [5.74, 6) is -6.29. The Balaban J connectivity index is 2.02. The van der Waals surface area contributed by atoms with Gasteiger partial charge in [-0.2, -0.15) is 8.78 Å². The molecule has 0 aromatic heterocycles. The van der Waals surface area contributed by atoms with Crippen LogP contribution in [0.3, 0.4) is 0 Å². The molecule has 0 aromatic carbocycles. The molecule has 1 N–H and O–H groups in total. The maximum Gasteiger partial charge on any atom is 0.383 e. The summed E-state index contributed by atoms with van der Waals surface area (Å²) in [6.07, 6.45) is -1.71. The molecule has 0 radical (unpaired) electrons. The van der Waals surface area contributed by atoms with Crippen LogP contribution < -0.4 is 5.32 Å². The Morgan fingerprint density at radius 3 is 2.39 bits per heavy atom. The third-order valence-corrected chi connectivity index (χ3v) is 3.95. The van der Waals surface area contributed by atoms with E-state index in [1.165, 1.54) is 0 Å². The second-order valence-electron chi connectivity index (χ2n) is 5.15. The number of halogens is 4. The molecule has 7 heteroatoms. The van der Waals surface area contributed by atoms with Crippen LogP contribution in [0.4, 0.5) is 17.6 Å². The fraction of sp³-hybridized carbons (Fsp3) is 0.909. The summed E-state index contributed by atoms with van der Waals surface area (Å²) < 4.78 is 50.3. The highest BCUT2D eigenvalue weighted by Crippen LogP contribution is 2.40. The molecule has 18 heavy (non-hydrogen) atoms. The number of carbonyl (C=O) groups excluding carboxylic acids is 1. The summed E-state index contributed by atoms with van der Waals surface area (Å²) in [7, 11) is 0. The van der Waals surface area contributed by atoms with Crippen LogP contribution >= 0.6 is 0 Å². The molecular weight excluding hydrogens is 252 g/mol. The Bertz CT molecular complexity index is 329. The Morgan fingerprint density at radius 2 is 1.83 bits per heavy atom. The molecule has 2 fully saturated rings. The van der Waals surface area contributed by atoms with E-state index in [1.807, 2.05) is 0 Å². The highest BCUT2D eigenvalue weighted by Gasteiger charge is 2.53. The van der Waals surface area contributed by atoms with Crippen molar-refractivity contribution in [1.29, 1.82) is 0 Å². The van der Waals surface area contributed by atoms with E-state index >= 15 is 0 Å². The number of hydrogen-bond acceptors (Lipinski definition) is 2. The molecule has 2 rings (SSSR count). The molecule has 104 valence electrons. The van der Waals surface area contributed by atoms with Crippen LogP contribution in [-0.4, -0.2) is 49.3 Å². The second-order valence-corrected chi connectivity index (χ2v) is 5.15. The monoisotopic (exact) mass is 268 g/mol. The minimum atomic E-state index is -4.56. The number of carbonyl (C=O) groups is 1. The standard InChI is InChI=1S/C11H16F4N2O/c12-8(13)11(14,15)9(18)17-6-3-10(7-17)1-4-16-5-2-10/h8,16H,1-7H2. The van der Waals surface area contributed by atoms with E-state index in [-0.39, 0.29) is 18.5 Å². The Labute approximate surface area is 103 Å². The van der Waals surface area contributed by atoms with Gasteiger partial charge in [-0.3, -0.25) is 4.79 Å². The van der Waals surface area contributed by atoms with Gasteiger partial charge in [-0.05, 0) is 37.8 Å². The molecule has 0 aromatic rings. The van der Waals surface area contributed by atoms with E-state index in [0.29, 0.717) is 6.42 Å². The minimum Gasteiger partial charge on any atom is -0.337 e. The fourth-order valence-electron chi connectivity index (χ4n) is 2.78. The lowest BCUT2D eigenvalue weighted by atomic mass is 9.78. The smallest absolute Gasteiger partial charge is 0.337 e. The first-order chi connectivity index (χ1) is 8.37. The van der Waals surface area contributed by atoms with Crippen molar-refractivity contribution in [1.82, 2.24) is 10.2 Å². The van der Waals surface area contributed by atoms with Gasteiger partial charge in [0.2, 0.25) is 0 Å². The quantitative estimate of drug-likeness (QED) is 0.770. The third kappa shape index (κ3) is 2.32. The van der Waals surface area contributed by atoms with Gasteiger partial charge in [0, 0.05) is 13.1 Å². The van der Waals surface area contributed by atoms with Gasteiger partial charge in [0.25, 0.3) is 5.91 Å². The van der Waals surface area contributed by atoms with Crippen molar-refractivity contribution in [3.8, 4) is 0 Å². The summed E-state index contributed by atoms with van der Waals surface area (Å²) in [4.78, 5) is 12.3. The highest BCUT2D eigenvalue weighted by atomic mass is 19.3. The Kier molecular flexibility index (Phi) is 3.53. The molecule has 2 aliphatic rings. The molecule has 0 aliphatic carbocycles. The first-order valence-electron chi connectivity index (χ1n) is 6.03. The number of likely N-dealkylation sites (tertiary alicyclic amines) is 1. The highest BCUT2D eigenvalue weighted by molar-refractivity contribution is 5.84. The topological polar surface area (TPSA) is 32.3 Å². The molecule has 0 unspecified atom stereocenters. The van der Waals surface area contributed by atoms with Gasteiger partial charge in [-0.1, -0.05) is 0 Å². The lowest BCUT2D eigenvalue weighted by molar-refractivity contribution is -0.180. The van der Waals surface area contributed by atoms with Gasteiger partial charge >= 0.3 is 12.3 Å². The first kappa shape index (κ1) is 13.6. The molecule has 0 atom stereocenters. The van der Waals surface area contributed by atoms with Crippen LogP contribution in [0.2, 0.25) is 0 Å². The average Bonchev–Trinajstić information content (AvgIpc) is 2.72. The van der Waals surface area contributed by atoms with E-state index in [9.17, 15) is 22.4 Å². The zero-order valence-electron chi connectivity index (χ0n) is 9.89. The molecule has 0 bridgehead atoms. The third-order valence-electron chi connectivity index (χ3n) is 3.95. The number of piperidine rings is 1. The number of nitrogens with zero attached hydrogens (tertiary/aromatic N) is 1. The molecule has 2 aliphatic heterocycles.